The van der Waals surface area contributed by atoms with Gasteiger partial charge in [-0.2, -0.15) is 0 Å². The van der Waals surface area contributed by atoms with Crippen LogP contribution in [0.4, 0.5) is 0 Å². The van der Waals surface area contributed by atoms with Crippen molar-refractivity contribution in [2.24, 2.45) is 5.92 Å². The highest BCUT2D eigenvalue weighted by Gasteiger charge is 2.32. The summed E-state index contributed by atoms with van der Waals surface area (Å²) in [4.78, 5) is 0. The molecule has 2 unspecified atom stereocenters. The van der Waals surface area contributed by atoms with Crippen molar-refractivity contribution in [3.05, 3.63) is 59.2 Å². The van der Waals surface area contributed by atoms with Gasteiger partial charge in [0.25, 0.3) is 0 Å². The smallest absolute Gasteiger partial charge is 0.176 e. The summed E-state index contributed by atoms with van der Waals surface area (Å²) in [6.45, 7) is 3.77. The van der Waals surface area contributed by atoms with E-state index in [4.69, 9.17) is 20.6 Å². The number of methoxy groups -OCH3 is 2. The van der Waals surface area contributed by atoms with Crippen LogP contribution in [-0.4, -0.2) is 32.5 Å². The Morgan fingerprint density at radius 2 is 1.83 bits per heavy atom. The van der Waals surface area contributed by atoms with Crippen LogP contribution in [0.3, 0.4) is 0 Å². The molecule has 2 aromatic rings. The van der Waals surface area contributed by atoms with Crippen LogP contribution in [-0.2, 0) is 10.3 Å². The van der Waals surface area contributed by atoms with E-state index in [9.17, 15) is 5.11 Å². The summed E-state index contributed by atoms with van der Waals surface area (Å²) >= 11 is 0. The monoisotopic (exact) mass is 394 g/mol. The summed E-state index contributed by atoms with van der Waals surface area (Å²) in [5.41, 5.74) is 0.792. The third-order valence-electron chi connectivity index (χ3n) is 6.01. The van der Waals surface area contributed by atoms with E-state index in [1.54, 1.807) is 38.5 Å². The van der Waals surface area contributed by atoms with Gasteiger partial charge in [-0.15, -0.1) is 6.42 Å². The molecule has 3 rings (SSSR count). The van der Waals surface area contributed by atoms with Crippen LogP contribution in [0, 0.1) is 18.3 Å². The molecule has 1 heterocycles. The van der Waals surface area contributed by atoms with Crippen molar-refractivity contribution in [2.75, 3.05) is 27.4 Å². The maximum Gasteiger partial charge on any atom is 0.176 e. The highest BCUT2D eigenvalue weighted by molar-refractivity contribution is 5.50. The second-order valence-electron chi connectivity index (χ2n) is 7.66. The molecule has 0 aliphatic carbocycles. The summed E-state index contributed by atoms with van der Waals surface area (Å²) in [6, 6.07) is 12.9. The summed E-state index contributed by atoms with van der Waals surface area (Å²) in [7, 11) is 3.28. The lowest BCUT2D eigenvalue weighted by molar-refractivity contribution is 0.108. The van der Waals surface area contributed by atoms with Gasteiger partial charge in [0.2, 0.25) is 0 Å². The molecule has 4 nitrogen and oxygen atoms in total. The summed E-state index contributed by atoms with van der Waals surface area (Å²) in [5, 5.41) is 11.4. The van der Waals surface area contributed by atoms with Gasteiger partial charge in [-0.1, -0.05) is 37.5 Å². The minimum absolute atomic E-state index is 0.223. The molecule has 1 aliphatic rings. The number of hydrogen-bond acceptors (Lipinski definition) is 4. The van der Waals surface area contributed by atoms with E-state index in [1.165, 1.54) is 0 Å². The molecule has 1 fully saturated rings. The quantitative estimate of drug-likeness (QED) is 0.733. The molecule has 29 heavy (non-hydrogen) atoms. The fourth-order valence-corrected chi connectivity index (χ4v) is 4.06. The van der Waals surface area contributed by atoms with Gasteiger partial charge in [0.1, 0.15) is 11.5 Å². The normalized spacial score (nSPS) is 20.0. The first-order valence-corrected chi connectivity index (χ1v) is 10.1. The SMILES string of the molecule is C#CC(O)(c1ccc(OC)cc1)c1ccc(OC)c(C(C)[C@H]2CCCCOC2)c1. The van der Waals surface area contributed by atoms with Crippen LogP contribution in [0.25, 0.3) is 0 Å². The van der Waals surface area contributed by atoms with Crippen molar-refractivity contribution in [2.45, 2.75) is 37.7 Å². The van der Waals surface area contributed by atoms with E-state index in [1.807, 2.05) is 18.2 Å². The van der Waals surface area contributed by atoms with Crippen LogP contribution in [0.5, 0.6) is 11.5 Å². The molecular formula is C25H30O4. The van der Waals surface area contributed by atoms with Gasteiger partial charge in [0.05, 0.1) is 14.2 Å². The molecule has 1 N–H and O–H groups in total. The Morgan fingerprint density at radius 3 is 2.48 bits per heavy atom. The zero-order valence-electron chi connectivity index (χ0n) is 17.5. The number of benzene rings is 2. The lowest BCUT2D eigenvalue weighted by atomic mass is 9.80. The molecule has 0 spiro atoms. The van der Waals surface area contributed by atoms with Gasteiger partial charge in [-0.3, -0.25) is 0 Å². The molecule has 0 aromatic heterocycles. The summed E-state index contributed by atoms with van der Waals surface area (Å²) in [5.74, 6) is 4.74. The number of aliphatic hydroxyl groups is 1. The van der Waals surface area contributed by atoms with E-state index in [0.29, 0.717) is 22.8 Å². The molecular weight excluding hydrogens is 364 g/mol. The standard InChI is InChI=1S/C25H30O4/c1-5-25(26,20-9-12-22(27-3)13-10-20)21-11-14-24(28-4)23(16-21)18(2)19-8-6-7-15-29-17-19/h1,9-14,16,18-19,26H,6-8,15,17H2,2-4H3/t18?,19-,25?/m0/s1. The molecule has 0 radical (unpaired) electrons. The van der Waals surface area contributed by atoms with Crippen molar-refractivity contribution >= 4 is 0 Å². The molecule has 4 heteroatoms. The maximum atomic E-state index is 11.4. The van der Waals surface area contributed by atoms with Crippen molar-refractivity contribution in [3.8, 4) is 23.8 Å². The predicted octanol–water partition coefficient (Wildman–Crippen LogP) is 4.49. The Morgan fingerprint density at radius 1 is 1.10 bits per heavy atom. The van der Waals surface area contributed by atoms with Gasteiger partial charge in [-0.25, -0.2) is 0 Å². The van der Waals surface area contributed by atoms with Crippen molar-refractivity contribution in [1.29, 1.82) is 0 Å². The van der Waals surface area contributed by atoms with E-state index in [0.717, 1.165) is 43.8 Å². The molecule has 2 aromatic carbocycles. The number of rotatable bonds is 6. The summed E-state index contributed by atoms with van der Waals surface area (Å²) in [6.07, 6.45) is 9.21. The van der Waals surface area contributed by atoms with E-state index in [-0.39, 0.29) is 5.92 Å². The van der Waals surface area contributed by atoms with Crippen LogP contribution in [0.1, 0.15) is 48.8 Å². The van der Waals surface area contributed by atoms with Crippen molar-refractivity contribution in [1.82, 2.24) is 0 Å². The zero-order chi connectivity index (χ0) is 20.9. The predicted molar refractivity (Wildman–Crippen MR) is 114 cm³/mol. The van der Waals surface area contributed by atoms with Crippen LogP contribution >= 0.6 is 0 Å². The van der Waals surface area contributed by atoms with Gasteiger partial charge in [0.15, 0.2) is 5.60 Å². The topological polar surface area (TPSA) is 47.9 Å². The first-order chi connectivity index (χ1) is 14.0. The van der Waals surface area contributed by atoms with Crippen LogP contribution < -0.4 is 9.47 Å². The Hall–Kier alpha value is -2.48. The van der Waals surface area contributed by atoms with Crippen molar-refractivity contribution in [3.63, 3.8) is 0 Å². The van der Waals surface area contributed by atoms with Crippen LogP contribution in [0.2, 0.25) is 0 Å². The zero-order valence-corrected chi connectivity index (χ0v) is 17.5. The fourth-order valence-electron chi connectivity index (χ4n) is 4.06. The average molecular weight is 395 g/mol. The van der Waals surface area contributed by atoms with E-state index < -0.39 is 5.60 Å². The molecule has 0 amide bonds. The van der Waals surface area contributed by atoms with Crippen LogP contribution in [0.15, 0.2) is 42.5 Å². The minimum atomic E-state index is -1.53. The second kappa shape index (κ2) is 9.35. The molecule has 1 aliphatic heterocycles. The van der Waals surface area contributed by atoms with Gasteiger partial charge in [0, 0.05) is 24.3 Å². The molecule has 0 bridgehead atoms. The van der Waals surface area contributed by atoms with Gasteiger partial charge >= 0.3 is 0 Å². The Kier molecular flexibility index (Phi) is 6.84. The Balaban J connectivity index is 2.00. The lowest BCUT2D eigenvalue weighted by Crippen LogP contribution is -2.26. The van der Waals surface area contributed by atoms with Gasteiger partial charge < -0.3 is 19.3 Å². The Bertz CT molecular complexity index is 844. The first-order valence-electron chi connectivity index (χ1n) is 10.1. The number of terminal acetylenes is 1. The highest BCUT2D eigenvalue weighted by Crippen LogP contribution is 2.39. The van der Waals surface area contributed by atoms with E-state index in [2.05, 4.69) is 12.8 Å². The first kappa shape index (κ1) is 21.2. The highest BCUT2D eigenvalue weighted by atomic mass is 16.5. The summed E-state index contributed by atoms with van der Waals surface area (Å²) < 4.78 is 16.7. The lowest BCUT2D eigenvalue weighted by Gasteiger charge is -2.28. The Labute approximate surface area is 173 Å². The molecule has 1 saturated heterocycles. The maximum absolute atomic E-state index is 11.4. The molecule has 154 valence electrons. The fraction of sp³-hybridized carbons (Fsp3) is 0.440. The van der Waals surface area contributed by atoms with Gasteiger partial charge in [-0.05, 0) is 54.5 Å². The average Bonchev–Trinajstić information content (AvgIpc) is 3.07. The van der Waals surface area contributed by atoms with Crippen molar-refractivity contribution < 1.29 is 19.3 Å². The molecule has 3 atom stereocenters. The second-order valence-corrected chi connectivity index (χ2v) is 7.66. The largest absolute Gasteiger partial charge is 0.497 e. The number of ether oxygens (including phenoxy) is 3. The van der Waals surface area contributed by atoms with E-state index >= 15 is 0 Å². The third kappa shape index (κ3) is 4.42. The molecule has 0 saturated carbocycles. The number of hydrogen-bond donors (Lipinski definition) is 1. The third-order valence-corrected chi connectivity index (χ3v) is 6.01. The minimum Gasteiger partial charge on any atom is -0.497 e.